The lowest BCUT2D eigenvalue weighted by Crippen LogP contribution is -2.38. The minimum atomic E-state index is -0.498. The minimum Gasteiger partial charge on any atom is -0.444 e. The number of aryl methyl sites for hydroxylation is 1. The second-order valence-corrected chi connectivity index (χ2v) is 8.07. The van der Waals surface area contributed by atoms with Crippen LogP contribution in [-0.2, 0) is 16.0 Å². The van der Waals surface area contributed by atoms with Gasteiger partial charge in [-0.1, -0.05) is 6.07 Å². The summed E-state index contributed by atoms with van der Waals surface area (Å²) in [5.74, 6) is 0. The average molecular weight is 426 g/mol. The van der Waals surface area contributed by atoms with E-state index in [-0.39, 0.29) is 6.09 Å². The lowest BCUT2D eigenvalue weighted by atomic mass is 10.2. The fourth-order valence-corrected chi connectivity index (χ4v) is 3.29. The highest BCUT2D eigenvalue weighted by molar-refractivity contribution is 9.10. The van der Waals surface area contributed by atoms with Crippen molar-refractivity contribution in [2.24, 2.45) is 0 Å². The molecule has 0 N–H and O–H groups in total. The highest BCUT2D eigenvalue weighted by Crippen LogP contribution is 2.23. The number of hydrogen-bond donors (Lipinski definition) is 0. The van der Waals surface area contributed by atoms with Crippen LogP contribution >= 0.6 is 15.9 Å². The Morgan fingerprint density at radius 2 is 2.00 bits per heavy atom. The second-order valence-electron chi connectivity index (χ2n) is 7.21. The van der Waals surface area contributed by atoms with Crippen molar-refractivity contribution >= 4 is 33.1 Å². The maximum Gasteiger partial charge on any atom is 0.410 e. The smallest absolute Gasteiger partial charge is 0.410 e. The first kappa shape index (κ1) is 20.7. The Kier molecular flexibility index (Phi) is 7.46. The second kappa shape index (κ2) is 9.37. The molecule has 0 bridgehead atoms. The van der Waals surface area contributed by atoms with Crippen LogP contribution in [0.3, 0.4) is 0 Å². The molecule has 0 radical (unpaired) electrons. The van der Waals surface area contributed by atoms with Gasteiger partial charge in [-0.25, -0.2) is 9.78 Å². The number of halogens is 1. The third-order valence-electron chi connectivity index (χ3n) is 3.84. The Morgan fingerprint density at radius 3 is 2.69 bits per heavy atom. The number of fused-ring (bicyclic) bond motifs is 1. The van der Waals surface area contributed by atoms with Gasteiger partial charge in [0.05, 0.1) is 17.4 Å². The highest BCUT2D eigenvalue weighted by atomic mass is 79.9. The molecule has 0 aliphatic rings. The van der Waals surface area contributed by atoms with Gasteiger partial charge in [0.25, 0.3) is 0 Å². The monoisotopic (exact) mass is 425 g/mol. The van der Waals surface area contributed by atoms with Gasteiger partial charge in [0.15, 0.2) is 0 Å². The summed E-state index contributed by atoms with van der Waals surface area (Å²) in [5.41, 5.74) is 1.54. The quantitative estimate of drug-likeness (QED) is 0.585. The molecule has 0 fully saturated rings. The average Bonchev–Trinajstić information content (AvgIpc) is 2.96. The topological polar surface area (TPSA) is 56.6 Å². The Labute approximate surface area is 163 Å². The molecule has 0 atom stereocenters. The van der Waals surface area contributed by atoms with Gasteiger partial charge < -0.3 is 18.9 Å². The number of carbonyl (C=O) groups is 1. The molecule has 144 valence electrons. The lowest BCUT2D eigenvalue weighted by Gasteiger charge is -2.27. The summed E-state index contributed by atoms with van der Waals surface area (Å²) >= 11 is 3.59. The van der Waals surface area contributed by atoms with Crippen molar-refractivity contribution in [2.75, 3.05) is 26.8 Å². The van der Waals surface area contributed by atoms with Gasteiger partial charge in [-0.2, -0.15) is 0 Å². The predicted octanol–water partition coefficient (Wildman–Crippen LogP) is 4.46. The van der Waals surface area contributed by atoms with Crippen molar-refractivity contribution in [2.45, 2.75) is 45.8 Å². The van der Waals surface area contributed by atoms with Gasteiger partial charge in [-0.05, 0) is 61.7 Å². The zero-order chi connectivity index (χ0) is 19.2. The number of imidazole rings is 1. The first-order valence-corrected chi connectivity index (χ1v) is 9.67. The van der Waals surface area contributed by atoms with Crippen LogP contribution in [0.1, 0.15) is 33.6 Å². The summed E-state index contributed by atoms with van der Waals surface area (Å²) < 4.78 is 13.8. The fourth-order valence-electron chi connectivity index (χ4n) is 2.70. The van der Waals surface area contributed by atoms with E-state index in [4.69, 9.17) is 9.47 Å². The standard InChI is InChI=1S/C19H28BrN3O3/c1-19(2,3)26-18(24)22(12-7-13-25-4)10-6-11-23-14-21-16-9-5-8-15(20)17(16)23/h5,8-9,14H,6-7,10-13H2,1-4H3. The number of amides is 1. The Hall–Kier alpha value is -1.60. The molecule has 0 spiro atoms. The summed E-state index contributed by atoms with van der Waals surface area (Å²) in [6.45, 7) is 8.30. The number of rotatable bonds is 8. The maximum absolute atomic E-state index is 12.4. The normalized spacial score (nSPS) is 11.7. The van der Waals surface area contributed by atoms with Gasteiger partial charge in [-0.15, -0.1) is 0 Å². The van der Waals surface area contributed by atoms with E-state index < -0.39 is 5.60 Å². The first-order chi connectivity index (χ1) is 12.3. The van der Waals surface area contributed by atoms with Crippen LogP contribution in [0.4, 0.5) is 4.79 Å². The molecule has 1 aromatic heterocycles. The van der Waals surface area contributed by atoms with Gasteiger partial charge in [0.2, 0.25) is 0 Å². The number of aromatic nitrogens is 2. The molecule has 2 rings (SSSR count). The fraction of sp³-hybridized carbons (Fsp3) is 0.579. The third kappa shape index (κ3) is 5.99. The minimum absolute atomic E-state index is 0.273. The summed E-state index contributed by atoms with van der Waals surface area (Å²) in [4.78, 5) is 18.6. The summed E-state index contributed by atoms with van der Waals surface area (Å²) in [6, 6.07) is 5.98. The van der Waals surface area contributed by atoms with Crippen LogP contribution in [0.15, 0.2) is 29.0 Å². The summed E-state index contributed by atoms with van der Waals surface area (Å²) in [7, 11) is 1.67. The molecule has 6 nitrogen and oxygen atoms in total. The van der Waals surface area contributed by atoms with Crippen LogP contribution in [-0.4, -0.2) is 53.0 Å². The number of carbonyl (C=O) groups excluding carboxylic acids is 1. The zero-order valence-electron chi connectivity index (χ0n) is 16.0. The van der Waals surface area contributed by atoms with E-state index in [2.05, 4.69) is 25.5 Å². The van der Waals surface area contributed by atoms with E-state index in [9.17, 15) is 4.79 Å². The molecular formula is C19H28BrN3O3. The molecule has 1 amide bonds. The zero-order valence-corrected chi connectivity index (χ0v) is 17.6. The number of para-hydroxylation sites is 1. The molecule has 7 heteroatoms. The van der Waals surface area contributed by atoms with Crippen LogP contribution in [0.25, 0.3) is 11.0 Å². The van der Waals surface area contributed by atoms with Gasteiger partial charge in [0, 0.05) is 37.8 Å². The molecule has 1 aromatic carbocycles. The predicted molar refractivity (Wildman–Crippen MR) is 106 cm³/mol. The van der Waals surface area contributed by atoms with Gasteiger partial charge in [0.1, 0.15) is 5.60 Å². The molecule has 2 aromatic rings. The van der Waals surface area contributed by atoms with E-state index in [0.29, 0.717) is 19.7 Å². The maximum atomic E-state index is 12.4. The third-order valence-corrected chi connectivity index (χ3v) is 4.48. The van der Waals surface area contributed by atoms with Crippen molar-refractivity contribution < 1.29 is 14.3 Å². The van der Waals surface area contributed by atoms with E-state index in [1.165, 1.54) is 0 Å². The first-order valence-electron chi connectivity index (χ1n) is 8.88. The largest absolute Gasteiger partial charge is 0.444 e. The Bertz CT molecular complexity index is 724. The number of nitrogens with zero attached hydrogens (tertiary/aromatic N) is 3. The summed E-state index contributed by atoms with van der Waals surface area (Å²) in [5, 5.41) is 0. The van der Waals surface area contributed by atoms with Crippen molar-refractivity contribution in [3.63, 3.8) is 0 Å². The van der Waals surface area contributed by atoms with Crippen LogP contribution in [0.5, 0.6) is 0 Å². The van der Waals surface area contributed by atoms with Crippen LogP contribution in [0.2, 0.25) is 0 Å². The van der Waals surface area contributed by atoms with Crippen molar-refractivity contribution in [1.29, 1.82) is 0 Å². The molecule has 1 heterocycles. The highest BCUT2D eigenvalue weighted by Gasteiger charge is 2.21. The van der Waals surface area contributed by atoms with Crippen molar-refractivity contribution in [3.05, 3.63) is 29.0 Å². The van der Waals surface area contributed by atoms with Gasteiger partial charge in [-0.3, -0.25) is 0 Å². The van der Waals surface area contributed by atoms with Crippen LogP contribution in [0, 0.1) is 0 Å². The molecule has 0 aliphatic carbocycles. The number of hydrogen-bond acceptors (Lipinski definition) is 4. The number of ether oxygens (including phenoxy) is 2. The van der Waals surface area contributed by atoms with E-state index in [0.717, 1.165) is 34.9 Å². The number of methoxy groups -OCH3 is 1. The molecule has 0 unspecified atom stereocenters. The Balaban J connectivity index is 1.97. The Morgan fingerprint density at radius 1 is 1.27 bits per heavy atom. The summed E-state index contributed by atoms with van der Waals surface area (Å²) in [6.07, 6.45) is 3.18. The molecule has 26 heavy (non-hydrogen) atoms. The van der Waals surface area contributed by atoms with E-state index in [1.54, 1.807) is 12.0 Å². The molecule has 0 aliphatic heterocycles. The lowest BCUT2D eigenvalue weighted by molar-refractivity contribution is 0.0231. The van der Waals surface area contributed by atoms with E-state index in [1.807, 2.05) is 45.3 Å². The van der Waals surface area contributed by atoms with Gasteiger partial charge >= 0.3 is 6.09 Å². The van der Waals surface area contributed by atoms with Crippen LogP contribution < -0.4 is 0 Å². The number of benzene rings is 1. The SMILES string of the molecule is COCCCN(CCCn1cnc2cccc(Br)c21)C(=O)OC(C)(C)C. The van der Waals surface area contributed by atoms with Crippen molar-refractivity contribution in [3.8, 4) is 0 Å². The molecular weight excluding hydrogens is 398 g/mol. The molecule has 0 saturated heterocycles. The molecule has 0 saturated carbocycles. The van der Waals surface area contributed by atoms with Crippen molar-refractivity contribution in [1.82, 2.24) is 14.5 Å². The van der Waals surface area contributed by atoms with E-state index >= 15 is 0 Å².